The van der Waals surface area contributed by atoms with Gasteiger partial charge in [0.2, 0.25) is 11.8 Å². The number of benzene rings is 2. The van der Waals surface area contributed by atoms with Crippen LogP contribution in [0.2, 0.25) is 0 Å². The molecular weight excluding hydrogens is 418 g/mol. The van der Waals surface area contributed by atoms with Gasteiger partial charge in [-0.2, -0.15) is 0 Å². The van der Waals surface area contributed by atoms with Crippen molar-refractivity contribution in [1.82, 2.24) is 24.9 Å². The maximum Gasteiger partial charge on any atom is 0.320 e. The highest BCUT2D eigenvalue weighted by Gasteiger charge is 2.28. The Morgan fingerprint density at radius 1 is 0.636 bits per heavy atom. The summed E-state index contributed by atoms with van der Waals surface area (Å²) >= 11 is 0. The Morgan fingerprint density at radius 2 is 1.18 bits per heavy atom. The van der Waals surface area contributed by atoms with E-state index in [1.165, 1.54) is 6.42 Å². The monoisotopic (exact) mass is 445 g/mol. The van der Waals surface area contributed by atoms with Crippen molar-refractivity contribution in [2.75, 3.05) is 39.3 Å². The second-order valence-electron chi connectivity index (χ2n) is 8.47. The number of piperidine rings is 1. The number of likely N-dealkylation sites (tertiary alicyclic amines) is 1. The first-order valence-electron chi connectivity index (χ1n) is 11.5. The number of rotatable bonds is 3. The molecule has 0 unspecified atom stereocenters. The molecule has 2 saturated heterocycles. The maximum atomic E-state index is 13.0. The Labute approximate surface area is 192 Å². The van der Waals surface area contributed by atoms with Crippen LogP contribution in [0.4, 0.5) is 4.79 Å². The fraction of sp³-hybridized carbons (Fsp3) is 0.360. The molecule has 3 heterocycles. The quantitative estimate of drug-likeness (QED) is 0.613. The third-order valence-electron chi connectivity index (χ3n) is 6.29. The molecule has 2 aromatic carbocycles. The van der Waals surface area contributed by atoms with Crippen LogP contribution in [-0.4, -0.2) is 76.1 Å². The average molecular weight is 446 g/mol. The summed E-state index contributed by atoms with van der Waals surface area (Å²) in [6, 6.07) is 16.9. The molecule has 33 heavy (non-hydrogen) atoms. The van der Waals surface area contributed by atoms with Crippen molar-refractivity contribution in [3.63, 3.8) is 0 Å². The molecule has 0 aliphatic carbocycles. The number of carbonyl (C=O) groups is 2. The minimum Gasteiger partial charge on any atom is -0.416 e. The number of piperazine rings is 1. The van der Waals surface area contributed by atoms with E-state index in [1.807, 2.05) is 57.2 Å². The number of urea groups is 1. The topological polar surface area (TPSA) is 82.8 Å². The first-order valence-corrected chi connectivity index (χ1v) is 11.5. The van der Waals surface area contributed by atoms with Gasteiger partial charge in [-0.05, 0) is 55.7 Å². The number of amides is 3. The molecule has 0 N–H and O–H groups in total. The molecule has 2 fully saturated rings. The van der Waals surface area contributed by atoms with Gasteiger partial charge in [0, 0.05) is 56.0 Å². The lowest BCUT2D eigenvalue weighted by atomic mass is 10.1. The summed E-state index contributed by atoms with van der Waals surface area (Å²) in [5.74, 6) is 0.850. The molecule has 0 saturated carbocycles. The number of carbonyl (C=O) groups excluding carboxylic acids is 2. The Morgan fingerprint density at radius 3 is 1.82 bits per heavy atom. The minimum absolute atomic E-state index is 0.0258. The number of nitrogens with zero attached hydrogens (tertiary/aromatic N) is 5. The van der Waals surface area contributed by atoms with Crippen LogP contribution in [0.5, 0.6) is 0 Å². The van der Waals surface area contributed by atoms with Crippen LogP contribution in [0.15, 0.2) is 59.0 Å². The second-order valence-corrected chi connectivity index (χ2v) is 8.47. The highest BCUT2D eigenvalue weighted by Crippen LogP contribution is 2.24. The Hall–Kier alpha value is -3.68. The fourth-order valence-electron chi connectivity index (χ4n) is 4.36. The van der Waals surface area contributed by atoms with Gasteiger partial charge in [-0.1, -0.05) is 18.2 Å². The third-order valence-corrected chi connectivity index (χ3v) is 6.29. The molecule has 3 aromatic rings. The SMILES string of the molecule is O=C(c1ccc(-c2nnc(-c3ccccc3)o2)cc1)N1CCN(C(=O)N2CCCCC2)CC1. The van der Waals surface area contributed by atoms with E-state index in [0.29, 0.717) is 43.5 Å². The van der Waals surface area contributed by atoms with Gasteiger partial charge in [0.05, 0.1) is 0 Å². The molecule has 5 rings (SSSR count). The predicted molar refractivity (Wildman–Crippen MR) is 123 cm³/mol. The summed E-state index contributed by atoms with van der Waals surface area (Å²) in [5, 5.41) is 8.26. The molecule has 3 amide bonds. The summed E-state index contributed by atoms with van der Waals surface area (Å²) in [4.78, 5) is 31.3. The standard InChI is InChI=1S/C25H27N5O3/c31-24(28-15-17-30(18-16-28)25(32)29-13-5-2-6-14-29)21-11-9-20(10-12-21)23-27-26-22(33-23)19-7-3-1-4-8-19/h1,3-4,7-12H,2,5-6,13-18H2. The van der Waals surface area contributed by atoms with Crippen LogP contribution >= 0.6 is 0 Å². The molecule has 2 aliphatic heterocycles. The van der Waals surface area contributed by atoms with Crippen molar-refractivity contribution in [2.24, 2.45) is 0 Å². The van der Waals surface area contributed by atoms with E-state index in [4.69, 9.17) is 4.42 Å². The number of aromatic nitrogens is 2. The van der Waals surface area contributed by atoms with E-state index in [-0.39, 0.29) is 11.9 Å². The van der Waals surface area contributed by atoms with Crippen molar-refractivity contribution >= 4 is 11.9 Å². The average Bonchev–Trinajstić information content (AvgIpc) is 3.40. The summed E-state index contributed by atoms with van der Waals surface area (Å²) in [6.45, 7) is 3.93. The zero-order valence-corrected chi connectivity index (χ0v) is 18.5. The molecule has 0 atom stereocenters. The molecule has 170 valence electrons. The van der Waals surface area contributed by atoms with Crippen molar-refractivity contribution < 1.29 is 14.0 Å². The second kappa shape index (κ2) is 9.44. The van der Waals surface area contributed by atoms with Gasteiger partial charge in [0.25, 0.3) is 5.91 Å². The Kier molecular flexibility index (Phi) is 6.06. The molecule has 2 aliphatic rings. The zero-order valence-electron chi connectivity index (χ0n) is 18.5. The lowest BCUT2D eigenvalue weighted by Gasteiger charge is -2.38. The van der Waals surface area contributed by atoms with Gasteiger partial charge >= 0.3 is 6.03 Å². The van der Waals surface area contributed by atoms with E-state index in [9.17, 15) is 9.59 Å². The van der Waals surface area contributed by atoms with Gasteiger partial charge in [-0.25, -0.2) is 4.79 Å². The zero-order chi connectivity index (χ0) is 22.6. The third kappa shape index (κ3) is 4.60. The van der Waals surface area contributed by atoms with Crippen molar-refractivity contribution in [1.29, 1.82) is 0 Å². The molecule has 8 heteroatoms. The van der Waals surface area contributed by atoms with Crippen molar-refractivity contribution in [3.8, 4) is 22.9 Å². The molecule has 0 spiro atoms. The van der Waals surface area contributed by atoms with Gasteiger partial charge in [-0.15, -0.1) is 10.2 Å². The van der Waals surface area contributed by atoms with E-state index >= 15 is 0 Å². The van der Waals surface area contributed by atoms with Crippen LogP contribution < -0.4 is 0 Å². The minimum atomic E-state index is -0.0258. The van der Waals surface area contributed by atoms with Gasteiger partial charge in [-0.3, -0.25) is 4.79 Å². The lowest BCUT2D eigenvalue weighted by molar-refractivity contribution is 0.0633. The van der Waals surface area contributed by atoms with Crippen LogP contribution in [-0.2, 0) is 0 Å². The normalized spacial score (nSPS) is 16.7. The summed E-state index contributed by atoms with van der Waals surface area (Å²) in [5.41, 5.74) is 2.23. The number of hydrogen-bond donors (Lipinski definition) is 0. The van der Waals surface area contributed by atoms with Crippen LogP contribution in [0.3, 0.4) is 0 Å². The van der Waals surface area contributed by atoms with Gasteiger partial charge < -0.3 is 19.1 Å². The van der Waals surface area contributed by atoms with E-state index in [1.54, 1.807) is 12.1 Å². The van der Waals surface area contributed by atoms with Crippen LogP contribution in [0.1, 0.15) is 29.6 Å². The highest BCUT2D eigenvalue weighted by molar-refractivity contribution is 5.94. The summed E-state index contributed by atoms with van der Waals surface area (Å²) in [7, 11) is 0. The Bertz CT molecular complexity index is 1100. The van der Waals surface area contributed by atoms with Crippen molar-refractivity contribution in [3.05, 3.63) is 60.2 Å². The molecular formula is C25H27N5O3. The highest BCUT2D eigenvalue weighted by atomic mass is 16.4. The summed E-state index contributed by atoms with van der Waals surface area (Å²) < 4.78 is 5.80. The Balaban J connectivity index is 1.19. The van der Waals surface area contributed by atoms with Gasteiger partial charge in [0.15, 0.2) is 0 Å². The molecule has 0 bridgehead atoms. The molecule has 1 aromatic heterocycles. The molecule has 8 nitrogen and oxygen atoms in total. The van der Waals surface area contributed by atoms with E-state index in [2.05, 4.69) is 10.2 Å². The van der Waals surface area contributed by atoms with Gasteiger partial charge in [0.1, 0.15) is 0 Å². The van der Waals surface area contributed by atoms with Crippen molar-refractivity contribution in [2.45, 2.75) is 19.3 Å². The predicted octanol–water partition coefficient (Wildman–Crippen LogP) is 3.77. The molecule has 0 radical (unpaired) electrons. The lowest BCUT2D eigenvalue weighted by Crippen LogP contribution is -2.54. The number of hydrogen-bond acceptors (Lipinski definition) is 5. The van der Waals surface area contributed by atoms with Crippen LogP contribution in [0.25, 0.3) is 22.9 Å². The first kappa shape index (κ1) is 21.2. The van der Waals surface area contributed by atoms with Crippen LogP contribution in [0, 0.1) is 0 Å². The maximum absolute atomic E-state index is 13.0. The smallest absolute Gasteiger partial charge is 0.320 e. The fourth-order valence-corrected chi connectivity index (χ4v) is 4.36. The first-order chi connectivity index (χ1) is 16.2. The van der Waals surface area contributed by atoms with E-state index in [0.717, 1.165) is 37.1 Å². The largest absolute Gasteiger partial charge is 0.416 e. The van der Waals surface area contributed by atoms with E-state index < -0.39 is 0 Å². The summed E-state index contributed by atoms with van der Waals surface area (Å²) in [6.07, 6.45) is 3.36.